The molecule has 1 aliphatic rings. The molecule has 2 atom stereocenters. The Morgan fingerprint density at radius 1 is 1.20 bits per heavy atom. The molecule has 2 amide bonds. The van der Waals surface area contributed by atoms with Crippen LogP contribution in [0.4, 0.5) is 5.69 Å². The van der Waals surface area contributed by atoms with Crippen LogP contribution in [0.3, 0.4) is 0 Å². The molecule has 1 fully saturated rings. The standard InChI is InChI=1S/C19H26N4O2/c1-5-17(24)21-18(19(25)23-12-10-22(4)11-13-23)14(2)15-6-8-16(20-3)9-7-15/h6-9,14,18H,5,10-13H2,1-2,4H3,(H,21,24)/t14?,18-/m1/s1. The Kier molecular flexibility index (Phi) is 6.54. The van der Waals surface area contributed by atoms with Crippen molar-refractivity contribution in [2.45, 2.75) is 32.2 Å². The van der Waals surface area contributed by atoms with E-state index in [-0.39, 0.29) is 17.7 Å². The number of amides is 2. The van der Waals surface area contributed by atoms with Crippen molar-refractivity contribution in [2.24, 2.45) is 0 Å². The molecule has 0 bridgehead atoms. The highest BCUT2D eigenvalue weighted by Crippen LogP contribution is 2.24. The maximum Gasteiger partial charge on any atom is 0.245 e. The lowest BCUT2D eigenvalue weighted by Crippen LogP contribution is -2.55. The predicted molar refractivity (Wildman–Crippen MR) is 97.4 cm³/mol. The van der Waals surface area contributed by atoms with Crippen LogP contribution in [0.1, 0.15) is 31.7 Å². The first-order valence-electron chi connectivity index (χ1n) is 8.70. The molecule has 25 heavy (non-hydrogen) atoms. The second kappa shape index (κ2) is 8.63. The summed E-state index contributed by atoms with van der Waals surface area (Å²) >= 11 is 0. The van der Waals surface area contributed by atoms with E-state index in [1.165, 1.54) is 0 Å². The van der Waals surface area contributed by atoms with Crippen LogP contribution in [0.25, 0.3) is 4.85 Å². The van der Waals surface area contributed by atoms with Gasteiger partial charge in [-0.05, 0) is 12.6 Å². The average molecular weight is 342 g/mol. The van der Waals surface area contributed by atoms with Crippen LogP contribution in [-0.2, 0) is 9.59 Å². The number of hydrogen-bond acceptors (Lipinski definition) is 3. The number of carbonyl (C=O) groups excluding carboxylic acids is 2. The normalized spacial score (nSPS) is 17.4. The van der Waals surface area contributed by atoms with Gasteiger partial charge < -0.3 is 15.1 Å². The SMILES string of the molecule is [C-]#[N+]c1ccc(C(C)[C@@H](NC(=O)CC)C(=O)N2CCN(C)CC2)cc1. The molecule has 1 aromatic carbocycles. The van der Waals surface area contributed by atoms with Crippen molar-refractivity contribution in [3.8, 4) is 0 Å². The van der Waals surface area contributed by atoms with Crippen LogP contribution in [0, 0.1) is 6.57 Å². The minimum Gasteiger partial charge on any atom is -0.344 e. The minimum absolute atomic E-state index is 0.0309. The molecule has 0 spiro atoms. The molecule has 2 rings (SSSR count). The van der Waals surface area contributed by atoms with Crippen LogP contribution >= 0.6 is 0 Å². The van der Waals surface area contributed by atoms with E-state index in [4.69, 9.17) is 6.57 Å². The van der Waals surface area contributed by atoms with Crippen molar-refractivity contribution >= 4 is 17.5 Å². The van der Waals surface area contributed by atoms with Crippen LogP contribution in [-0.4, -0.2) is 60.9 Å². The van der Waals surface area contributed by atoms with Gasteiger partial charge in [-0.1, -0.05) is 38.1 Å². The largest absolute Gasteiger partial charge is 0.344 e. The first kappa shape index (κ1) is 18.9. The Balaban J connectivity index is 2.20. The second-order valence-electron chi connectivity index (χ2n) is 6.52. The number of nitrogens with zero attached hydrogens (tertiary/aromatic N) is 3. The lowest BCUT2D eigenvalue weighted by Gasteiger charge is -2.36. The van der Waals surface area contributed by atoms with E-state index < -0.39 is 6.04 Å². The van der Waals surface area contributed by atoms with Gasteiger partial charge in [-0.25, -0.2) is 4.85 Å². The van der Waals surface area contributed by atoms with Crippen molar-refractivity contribution in [3.05, 3.63) is 41.2 Å². The molecule has 0 radical (unpaired) electrons. The smallest absolute Gasteiger partial charge is 0.245 e. The van der Waals surface area contributed by atoms with Crippen LogP contribution in [0.2, 0.25) is 0 Å². The number of piperazine rings is 1. The molecule has 1 aliphatic heterocycles. The first-order valence-corrected chi connectivity index (χ1v) is 8.70. The van der Waals surface area contributed by atoms with Gasteiger partial charge >= 0.3 is 0 Å². The van der Waals surface area contributed by atoms with Gasteiger partial charge in [0.1, 0.15) is 6.04 Å². The molecule has 134 valence electrons. The molecule has 6 nitrogen and oxygen atoms in total. The highest BCUT2D eigenvalue weighted by atomic mass is 16.2. The van der Waals surface area contributed by atoms with E-state index >= 15 is 0 Å². The Labute approximate surface area is 149 Å². The second-order valence-corrected chi connectivity index (χ2v) is 6.52. The van der Waals surface area contributed by atoms with Gasteiger partial charge in [0.15, 0.2) is 5.69 Å². The summed E-state index contributed by atoms with van der Waals surface area (Å²) in [6.45, 7) is 13.8. The lowest BCUT2D eigenvalue weighted by molar-refractivity contribution is -0.138. The summed E-state index contributed by atoms with van der Waals surface area (Å²) < 4.78 is 0. The summed E-state index contributed by atoms with van der Waals surface area (Å²) in [6.07, 6.45) is 0.343. The Bertz CT molecular complexity index is 642. The minimum atomic E-state index is -0.588. The van der Waals surface area contributed by atoms with Crippen molar-refractivity contribution in [2.75, 3.05) is 33.2 Å². The monoisotopic (exact) mass is 342 g/mol. The molecule has 1 aromatic rings. The highest BCUT2D eigenvalue weighted by Gasteiger charge is 2.32. The zero-order valence-electron chi connectivity index (χ0n) is 15.2. The molecule has 1 saturated heterocycles. The summed E-state index contributed by atoms with van der Waals surface area (Å²) in [5, 5.41) is 2.90. The van der Waals surface area contributed by atoms with E-state index in [0.29, 0.717) is 25.2 Å². The maximum atomic E-state index is 13.0. The Morgan fingerprint density at radius 2 is 1.80 bits per heavy atom. The summed E-state index contributed by atoms with van der Waals surface area (Å²) in [4.78, 5) is 32.4. The molecular weight excluding hydrogens is 316 g/mol. The van der Waals surface area contributed by atoms with Crippen LogP contribution in [0.5, 0.6) is 0 Å². The molecule has 0 saturated carbocycles. The first-order chi connectivity index (χ1) is 12.0. The zero-order chi connectivity index (χ0) is 18.4. The Morgan fingerprint density at radius 3 is 2.32 bits per heavy atom. The van der Waals surface area contributed by atoms with E-state index in [1.807, 2.05) is 31.0 Å². The third-order valence-corrected chi connectivity index (χ3v) is 4.77. The molecule has 1 N–H and O–H groups in total. The van der Waals surface area contributed by atoms with Gasteiger partial charge in [0.2, 0.25) is 11.8 Å². The van der Waals surface area contributed by atoms with Gasteiger partial charge in [-0.15, -0.1) is 0 Å². The quantitative estimate of drug-likeness (QED) is 0.833. The third kappa shape index (κ3) is 4.80. The molecule has 0 aromatic heterocycles. The number of carbonyl (C=O) groups is 2. The fourth-order valence-corrected chi connectivity index (χ4v) is 2.94. The topological polar surface area (TPSA) is 57.0 Å². The summed E-state index contributed by atoms with van der Waals surface area (Å²) in [5.74, 6) is -0.323. The highest BCUT2D eigenvalue weighted by molar-refractivity contribution is 5.88. The van der Waals surface area contributed by atoms with Crippen molar-refractivity contribution in [1.82, 2.24) is 15.1 Å². The molecule has 1 heterocycles. The lowest BCUT2D eigenvalue weighted by atomic mass is 9.91. The molecule has 1 unspecified atom stereocenters. The summed E-state index contributed by atoms with van der Waals surface area (Å²) in [6, 6.07) is 6.63. The van der Waals surface area contributed by atoms with Crippen molar-refractivity contribution in [3.63, 3.8) is 0 Å². The average Bonchev–Trinajstić information content (AvgIpc) is 2.65. The van der Waals surface area contributed by atoms with Crippen molar-refractivity contribution in [1.29, 1.82) is 0 Å². The van der Waals surface area contributed by atoms with Gasteiger partial charge in [0, 0.05) is 38.5 Å². The van der Waals surface area contributed by atoms with Gasteiger partial charge in [-0.2, -0.15) is 0 Å². The number of rotatable bonds is 5. The van der Waals surface area contributed by atoms with E-state index in [1.54, 1.807) is 19.1 Å². The van der Waals surface area contributed by atoms with E-state index in [0.717, 1.165) is 18.7 Å². The fraction of sp³-hybridized carbons (Fsp3) is 0.526. The summed E-state index contributed by atoms with van der Waals surface area (Å²) in [5.41, 5.74) is 1.51. The van der Waals surface area contributed by atoms with Crippen LogP contribution in [0.15, 0.2) is 24.3 Å². The van der Waals surface area contributed by atoms with Gasteiger partial charge in [0.25, 0.3) is 0 Å². The fourth-order valence-electron chi connectivity index (χ4n) is 2.94. The molecule has 0 aliphatic carbocycles. The molecule has 6 heteroatoms. The molecular formula is C19H26N4O2. The zero-order valence-corrected chi connectivity index (χ0v) is 15.2. The number of likely N-dealkylation sites (N-methyl/N-ethyl adjacent to an activating group) is 1. The van der Waals surface area contributed by atoms with Gasteiger partial charge in [0.05, 0.1) is 6.57 Å². The Hall–Kier alpha value is -2.39. The van der Waals surface area contributed by atoms with Crippen LogP contribution < -0.4 is 5.32 Å². The third-order valence-electron chi connectivity index (χ3n) is 4.77. The summed E-state index contributed by atoms with van der Waals surface area (Å²) in [7, 11) is 2.04. The predicted octanol–water partition coefficient (Wildman–Crippen LogP) is 2.01. The van der Waals surface area contributed by atoms with Crippen molar-refractivity contribution < 1.29 is 9.59 Å². The number of nitrogens with one attached hydrogen (secondary N) is 1. The number of hydrogen-bond donors (Lipinski definition) is 1. The van der Waals surface area contributed by atoms with E-state index in [9.17, 15) is 9.59 Å². The number of benzene rings is 1. The maximum absolute atomic E-state index is 13.0. The van der Waals surface area contributed by atoms with Gasteiger partial charge in [-0.3, -0.25) is 9.59 Å². The van der Waals surface area contributed by atoms with E-state index in [2.05, 4.69) is 15.1 Å².